The summed E-state index contributed by atoms with van der Waals surface area (Å²) in [7, 11) is 0. The van der Waals surface area contributed by atoms with Crippen LogP contribution in [0.1, 0.15) is 31.9 Å². The van der Waals surface area contributed by atoms with Gasteiger partial charge in [0, 0.05) is 6.42 Å². The Morgan fingerprint density at radius 3 is 2.63 bits per heavy atom. The second-order valence-corrected chi connectivity index (χ2v) is 6.76. The molecule has 1 aliphatic heterocycles. The van der Waals surface area contributed by atoms with Crippen LogP contribution in [-0.2, 0) is 4.79 Å². The molecule has 1 N–H and O–H groups in total. The van der Waals surface area contributed by atoms with Crippen molar-refractivity contribution in [2.24, 2.45) is 5.92 Å². The highest BCUT2D eigenvalue weighted by Gasteiger charge is 2.21. The van der Waals surface area contributed by atoms with Gasteiger partial charge < -0.3 is 19.5 Å². The number of halogens is 1. The Balaban J connectivity index is 1.68. The summed E-state index contributed by atoms with van der Waals surface area (Å²) in [6.45, 7) is 5.02. The van der Waals surface area contributed by atoms with Gasteiger partial charge in [-0.2, -0.15) is 0 Å². The molecule has 0 saturated carbocycles. The number of fused-ring (bicyclic) bond motifs is 1. The molecule has 6 heteroatoms. The van der Waals surface area contributed by atoms with E-state index in [9.17, 15) is 9.18 Å². The third-order valence-corrected chi connectivity index (χ3v) is 4.31. The number of amides is 1. The lowest BCUT2D eigenvalue weighted by atomic mass is 9.95. The molecular formula is C21H24FNO4. The van der Waals surface area contributed by atoms with Crippen LogP contribution in [0.25, 0.3) is 0 Å². The predicted molar refractivity (Wildman–Crippen MR) is 99.7 cm³/mol. The van der Waals surface area contributed by atoms with Crippen molar-refractivity contribution in [1.82, 2.24) is 5.32 Å². The van der Waals surface area contributed by atoms with Crippen LogP contribution in [0.5, 0.6) is 17.2 Å². The van der Waals surface area contributed by atoms with Gasteiger partial charge in [-0.25, -0.2) is 4.39 Å². The molecule has 2 aromatic rings. The molecule has 1 unspecified atom stereocenters. The number of benzene rings is 2. The standard InChI is InChI=1S/C21H24FNO4/c1-14(2)21(15-8-9-18-19(12-15)26-11-5-10-25-18)23-20(24)13-27-17-7-4-3-6-16(17)22/h3-4,6-9,12,14,21H,5,10-11,13H2,1-2H3,(H,23,24). The minimum atomic E-state index is -0.492. The van der Waals surface area contributed by atoms with E-state index in [2.05, 4.69) is 5.32 Å². The van der Waals surface area contributed by atoms with E-state index in [4.69, 9.17) is 14.2 Å². The predicted octanol–water partition coefficient (Wildman–Crippen LogP) is 3.88. The third-order valence-electron chi connectivity index (χ3n) is 4.31. The van der Waals surface area contributed by atoms with Crippen LogP contribution in [0.2, 0.25) is 0 Å². The molecule has 0 bridgehead atoms. The van der Waals surface area contributed by atoms with Crippen LogP contribution in [-0.4, -0.2) is 25.7 Å². The molecule has 5 nitrogen and oxygen atoms in total. The molecule has 0 radical (unpaired) electrons. The molecule has 0 fully saturated rings. The number of ether oxygens (including phenoxy) is 3. The number of nitrogens with one attached hydrogen (secondary N) is 1. The van der Waals surface area contributed by atoms with Gasteiger partial charge in [0.1, 0.15) is 0 Å². The molecule has 1 amide bonds. The van der Waals surface area contributed by atoms with Gasteiger partial charge >= 0.3 is 0 Å². The lowest BCUT2D eigenvalue weighted by Crippen LogP contribution is -2.35. The molecule has 0 spiro atoms. The molecule has 2 aromatic carbocycles. The van der Waals surface area contributed by atoms with Crippen LogP contribution in [0.3, 0.4) is 0 Å². The summed E-state index contributed by atoms with van der Waals surface area (Å²) in [5.41, 5.74) is 0.925. The molecule has 1 atom stereocenters. The highest BCUT2D eigenvalue weighted by Crippen LogP contribution is 2.34. The summed E-state index contributed by atoms with van der Waals surface area (Å²) < 4.78 is 30.3. The van der Waals surface area contributed by atoms with Crippen molar-refractivity contribution in [1.29, 1.82) is 0 Å². The molecule has 0 saturated heterocycles. The maximum atomic E-state index is 13.6. The second-order valence-electron chi connectivity index (χ2n) is 6.76. The first-order valence-electron chi connectivity index (χ1n) is 9.11. The van der Waals surface area contributed by atoms with Crippen LogP contribution in [0.4, 0.5) is 4.39 Å². The number of hydrogen-bond acceptors (Lipinski definition) is 4. The molecule has 0 aliphatic carbocycles. The average Bonchev–Trinajstić information content (AvgIpc) is 2.90. The van der Waals surface area contributed by atoms with Gasteiger partial charge in [-0.15, -0.1) is 0 Å². The van der Waals surface area contributed by atoms with E-state index in [0.717, 1.165) is 12.0 Å². The van der Waals surface area contributed by atoms with Crippen LogP contribution in [0, 0.1) is 11.7 Å². The fraction of sp³-hybridized carbons (Fsp3) is 0.381. The summed E-state index contributed by atoms with van der Waals surface area (Å²) in [5.74, 6) is 0.801. The molecule has 1 aliphatic rings. The van der Waals surface area contributed by atoms with E-state index in [1.807, 2.05) is 32.0 Å². The minimum Gasteiger partial charge on any atom is -0.490 e. The summed E-state index contributed by atoms with van der Waals surface area (Å²) >= 11 is 0. The Hall–Kier alpha value is -2.76. The summed E-state index contributed by atoms with van der Waals surface area (Å²) in [4.78, 5) is 12.3. The van der Waals surface area contributed by atoms with Crippen molar-refractivity contribution < 1.29 is 23.4 Å². The molecule has 0 aromatic heterocycles. The van der Waals surface area contributed by atoms with Gasteiger partial charge in [-0.1, -0.05) is 32.0 Å². The highest BCUT2D eigenvalue weighted by molar-refractivity contribution is 5.78. The van der Waals surface area contributed by atoms with Gasteiger partial charge in [-0.3, -0.25) is 4.79 Å². The highest BCUT2D eigenvalue weighted by atomic mass is 19.1. The quantitative estimate of drug-likeness (QED) is 0.835. The Morgan fingerprint density at radius 1 is 1.15 bits per heavy atom. The maximum absolute atomic E-state index is 13.6. The smallest absolute Gasteiger partial charge is 0.258 e. The number of carbonyl (C=O) groups excluding carboxylic acids is 1. The number of para-hydroxylation sites is 1. The zero-order chi connectivity index (χ0) is 19.2. The average molecular weight is 373 g/mol. The van der Waals surface area contributed by atoms with Crippen molar-refractivity contribution in [3.63, 3.8) is 0 Å². The number of rotatable bonds is 6. The van der Waals surface area contributed by atoms with Crippen molar-refractivity contribution >= 4 is 5.91 Å². The molecular weight excluding hydrogens is 349 g/mol. The van der Waals surface area contributed by atoms with Crippen LogP contribution < -0.4 is 19.5 Å². The fourth-order valence-electron chi connectivity index (χ4n) is 2.93. The van der Waals surface area contributed by atoms with Gasteiger partial charge in [-0.05, 0) is 35.7 Å². The van der Waals surface area contributed by atoms with Gasteiger partial charge in [0.2, 0.25) is 0 Å². The SMILES string of the molecule is CC(C)C(NC(=O)COc1ccccc1F)c1ccc2c(c1)OCCCO2. The lowest BCUT2D eigenvalue weighted by Gasteiger charge is -2.24. The number of hydrogen-bond donors (Lipinski definition) is 1. The first-order valence-corrected chi connectivity index (χ1v) is 9.11. The maximum Gasteiger partial charge on any atom is 0.258 e. The van der Waals surface area contributed by atoms with E-state index in [1.165, 1.54) is 12.1 Å². The van der Waals surface area contributed by atoms with Gasteiger partial charge in [0.05, 0.1) is 19.3 Å². The van der Waals surface area contributed by atoms with Crippen molar-refractivity contribution in [3.05, 3.63) is 53.8 Å². The van der Waals surface area contributed by atoms with Crippen molar-refractivity contribution in [2.45, 2.75) is 26.3 Å². The Morgan fingerprint density at radius 2 is 1.89 bits per heavy atom. The van der Waals surface area contributed by atoms with Gasteiger partial charge in [0.15, 0.2) is 29.7 Å². The minimum absolute atomic E-state index is 0.0596. The van der Waals surface area contributed by atoms with E-state index >= 15 is 0 Å². The van der Waals surface area contributed by atoms with Crippen molar-refractivity contribution in [3.8, 4) is 17.2 Å². The van der Waals surface area contributed by atoms with Crippen molar-refractivity contribution in [2.75, 3.05) is 19.8 Å². The summed E-state index contributed by atoms with van der Waals surface area (Å²) in [6, 6.07) is 11.5. The fourth-order valence-corrected chi connectivity index (χ4v) is 2.93. The van der Waals surface area contributed by atoms with E-state index in [-0.39, 0.29) is 30.2 Å². The largest absolute Gasteiger partial charge is 0.490 e. The normalized spacial score (nSPS) is 14.4. The van der Waals surface area contributed by atoms with E-state index in [0.29, 0.717) is 24.7 Å². The third kappa shape index (κ3) is 4.90. The van der Waals surface area contributed by atoms with Gasteiger partial charge in [0.25, 0.3) is 5.91 Å². The molecule has 3 rings (SSSR count). The summed E-state index contributed by atoms with van der Waals surface area (Å²) in [5, 5.41) is 2.96. The zero-order valence-corrected chi connectivity index (χ0v) is 15.5. The van der Waals surface area contributed by atoms with Crippen LogP contribution >= 0.6 is 0 Å². The van der Waals surface area contributed by atoms with E-state index in [1.54, 1.807) is 12.1 Å². The monoisotopic (exact) mass is 373 g/mol. The molecule has 27 heavy (non-hydrogen) atoms. The first-order chi connectivity index (χ1) is 13.0. The molecule has 144 valence electrons. The number of carbonyl (C=O) groups is 1. The first kappa shape index (κ1) is 19.0. The lowest BCUT2D eigenvalue weighted by molar-refractivity contribution is -0.124. The Kier molecular flexibility index (Phi) is 6.16. The molecule has 1 heterocycles. The second kappa shape index (κ2) is 8.75. The Labute approximate surface area is 158 Å². The van der Waals surface area contributed by atoms with E-state index < -0.39 is 5.82 Å². The topological polar surface area (TPSA) is 56.8 Å². The zero-order valence-electron chi connectivity index (χ0n) is 15.5. The summed E-state index contributed by atoms with van der Waals surface area (Å²) in [6.07, 6.45) is 0.835. The Bertz CT molecular complexity index is 794. The van der Waals surface area contributed by atoms with Crippen LogP contribution in [0.15, 0.2) is 42.5 Å².